The van der Waals surface area contributed by atoms with Crippen LogP contribution in [0.25, 0.3) is 10.9 Å². The zero-order valence-corrected chi connectivity index (χ0v) is 10.5. The normalized spacial score (nSPS) is 19.4. The number of aromatic amines is 1. The van der Waals surface area contributed by atoms with E-state index in [2.05, 4.69) is 4.98 Å². The molecule has 0 saturated heterocycles. The van der Waals surface area contributed by atoms with Crippen LogP contribution in [0.4, 0.5) is 0 Å². The van der Waals surface area contributed by atoms with Gasteiger partial charge in [0.05, 0.1) is 17.6 Å². The first-order chi connectivity index (χ1) is 8.22. The van der Waals surface area contributed by atoms with E-state index in [9.17, 15) is 0 Å². The Morgan fingerprint density at radius 3 is 3.06 bits per heavy atom. The average Bonchev–Trinajstić information content (AvgIpc) is 2.71. The van der Waals surface area contributed by atoms with Crippen LogP contribution in [0.5, 0.6) is 5.75 Å². The van der Waals surface area contributed by atoms with Crippen molar-refractivity contribution in [2.45, 2.75) is 25.3 Å². The number of nitrogens with one attached hydrogen (secondary N) is 1. The lowest BCUT2D eigenvalue weighted by Gasteiger charge is -2.18. The summed E-state index contributed by atoms with van der Waals surface area (Å²) in [6.07, 6.45) is 3.18. The van der Waals surface area contributed by atoms with Crippen LogP contribution in [0.1, 0.15) is 30.1 Å². The fraction of sp³-hybridized carbons (Fsp3) is 0.385. The predicted octanol–water partition coefficient (Wildman–Crippen LogP) is 3.17. The van der Waals surface area contributed by atoms with Gasteiger partial charge in [-0.15, -0.1) is 0 Å². The fourth-order valence-corrected chi connectivity index (χ4v) is 2.98. The summed E-state index contributed by atoms with van der Waals surface area (Å²) in [6, 6.07) is 3.86. The minimum atomic E-state index is 0.0897. The fourth-order valence-electron chi connectivity index (χ4n) is 2.71. The molecule has 1 heterocycles. The molecule has 0 amide bonds. The molecule has 1 aromatic heterocycles. The second-order valence-corrected chi connectivity index (χ2v) is 4.92. The standard InChI is InChI=1S/C13H15ClN2O/c1-17-10-6-5-8(14)11-7-3-2-4-9(15)12(7)16-13(10)11/h5-6,9,16H,2-4,15H2,1H3. The first-order valence-electron chi connectivity index (χ1n) is 5.85. The summed E-state index contributed by atoms with van der Waals surface area (Å²) in [7, 11) is 1.67. The lowest BCUT2D eigenvalue weighted by molar-refractivity contribution is 0.419. The summed E-state index contributed by atoms with van der Waals surface area (Å²) >= 11 is 6.30. The summed E-state index contributed by atoms with van der Waals surface area (Å²) < 4.78 is 5.36. The number of nitrogens with two attached hydrogens (primary N) is 1. The van der Waals surface area contributed by atoms with Crippen LogP contribution in [0.2, 0.25) is 5.02 Å². The van der Waals surface area contributed by atoms with Crippen molar-refractivity contribution in [3.05, 3.63) is 28.4 Å². The number of aryl methyl sites for hydroxylation is 1. The number of H-pyrrole nitrogens is 1. The van der Waals surface area contributed by atoms with Gasteiger partial charge in [0.2, 0.25) is 0 Å². The Kier molecular flexibility index (Phi) is 2.53. The number of aromatic nitrogens is 1. The Balaban J connectivity index is 2.36. The number of halogens is 1. The molecule has 0 spiro atoms. The SMILES string of the molecule is COc1ccc(Cl)c2c3c([nH]c12)C(N)CCC3. The zero-order valence-electron chi connectivity index (χ0n) is 9.72. The Morgan fingerprint density at radius 1 is 1.47 bits per heavy atom. The number of methoxy groups -OCH3 is 1. The zero-order chi connectivity index (χ0) is 12.0. The number of hydrogen-bond acceptors (Lipinski definition) is 2. The van der Waals surface area contributed by atoms with E-state index in [1.54, 1.807) is 7.11 Å². The number of hydrogen-bond donors (Lipinski definition) is 2. The predicted molar refractivity (Wildman–Crippen MR) is 69.7 cm³/mol. The molecule has 0 bridgehead atoms. The Bertz CT molecular complexity index is 576. The van der Waals surface area contributed by atoms with Gasteiger partial charge in [0.25, 0.3) is 0 Å². The molecule has 0 aliphatic heterocycles. The molecule has 90 valence electrons. The third-order valence-electron chi connectivity index (χ3n) is 3.54. The number of fused-ring (bicyclic) bond motifs is 3. The summed E-state index contributed by atoms with van der Waals surface area (Å²) in [5, 5.41) is 1.85. The highest BCUT2D eigenvalue weighted by molar-refractivity contribution is 6.36. The van der Waals surface area contributed by atoms with E-state index < -0.39 is 0 Å². The molecule has 1 unspecified atom stereocenters. The van der Waals surface area contributed by atoms with Crippen molar-refractivity contribution in [1.82, 2.24) is 4.98 Å². The molecule has 2 aromatic rings. The van der Waals surface area contributed by atoms with Gasteiger partial charge in [-0.3, -0.25) is 0 Å². The number of ether oxygens (including phenoxy) is 1. The molecule has 0 radical (unpaired) electrons. The Labute approximate surface area is 105 Å². The quantitative estimate of drug-likeness (QED) is 0.817. The third-order valence-corrected chi connectivity index (χ3v) is 3.85. The van der Waals surface area contributed by atoms with Gasteiger partial charge in [-0.2, -0.15) is 0 Å². The van der Waals surface area contributed by atoms with Crippen molar-refractivity contribution in [1.29, 1.82) is 0 Å². The maximum Gasteiger partial charge on any atom is 0.143 e. The van der Waals surface area contributed by atoms with Gasteiger partial charge >= 0.3 is 0 Å². The lowest BCUT2D eigenvalue weighted by Crippen LogP contribution is -2.16. The van der Waals surface area contributed by atoms with Crippen molar-refractivity contribution in [3.8, 4) is 5.75 Å². The van der Waals surface area contributed by atoms with Crippen LogP contribution in [0.15, 0.2) is 12.1 Å². The minimum absolute atomic E-state index is 0.0897. The highest BCUT2D eigenvalue weighted by atomic mass is 35.5. The number of rotatable bonds is 1. The molecule has 17 heavy (non-hydrogen) atoms. The Hall–Kier alpha value is -1.19. The monoisotopic (exact) mass is 250 g/mol. The van der Waals surface area contributed by atoms with E-state index in [-0.39, 0.29) is 6.04 Å². The molecule has 1 aliphatic rings. The van der Waals surface area contributed by atoms with E-state index in [0.29, 0.717) is 0 Å². The van der Waals surface area contributed by atoms with Crippen LogP contribution in [-0.2, 0) is 6.42 Å². The molecule has 0 saturated carbocycles. The molecular formula is C13H15ClN2O. The maximum atomic E-state index is 6.30. The van der Waals surface area contributed by atoms with Gasteiger partial charge in [-0.05, 0) is 37.0 Å². The van der Waals surface area contributed by atoms with Crippen LogP contribution in [0.3, 0.4) is 0 Å². The first-order valence-corrected chi connectivity index (χ1v) is 6.22. The van der Waals surface area contributed by atoms with Crippen LogP contribution < -0.4 is 10.5 Å². The molecule has 1 aliphatic carbocycles. The topological polar surface area (TPSA) is 51.0 Å². The smallest absolute Gasteiger partial charge is 0.143 e. The second kappa shape index (κ2) is 3.93. The summed E-state index contributed by atoms with van der Waals surface area (Å²) in [6.45, 7) is 0. The highest BCUT2D eigenvalue weighted by Gasteiger charge is 2.24. The van der Waals surface area contributed by atoms with E-state index in [0.717, 1.165) is 46.6 Å². The molecule has 1 atom stereocenters. The minimum Gasteiger partial charge on any atom is -0.495 e. The van der Waals surface area contributed by atoms with Crippen molar-refractivity contribution in [2.75, 3.05) is 7.11 Å². The third kappa shape index (κ3) is 1.53. The van der Waals surface area contributed by atoms with Gasteiger partial charge in [-0.25, -0.2) is 0 Å². The molecule has 0 fully saturated rings. The van der Waals surface area contributed by atoms with Gasteiger partial charge in [-0.1, -0.05) is 11.6 Å². The van der Waals surface area contributed by atoms with Crippen molar-refractivity contribution < 1.29 is 4.74 Å². The average molecular weight is 251 g/mol. The molecule has 3 rings (SSSR count). The molecule has 4 heteroatoms. The maximum absolute atomic E-state index is 6.30. The van der Waals surface area contributed by atoms with Crippen molar-refractivity contribution in [3.63, 3.8) is 0 Å². The second-order valence-electron chi connectivity index (χ2n) is 4.52. The van der Waals surface area contributed by atoms with Crippen molar-refractivity contribution >= 4 is 22.5 Å². The van der Waals surface area contributed by atoms with Gasteiger partial charge in [0, 0.05) is 17.1 Å². The highest BCUT2D eigenvalue weighted by Crippen LogP contribution is 2.40. The van der Waals surface area contributed by atoms with E-state index in [1.807, 2.05) is 12.1 Å². The van der Waals surface area contributed by atoms with Crippen LogP contribution >= 0.6 is 11.6 Å². The lowest BCUT2D eigenvalue weighted by atomic mass is 9.92. The first kappa shape index (κ1) is 10.9. The summed E-state index contributed by atoms with van der Waals surface area (Å²) in [5.74, 6) is 0.825. The van der Waals surface area contributed by atoms with Gasteiger partial charge < -0.3 is 15.5 Å². The van der Waals surface area contributed by atoms with Crippen LogP contribution in [0, 0.1) is 0 Å². The summed E-state index contributed by atoms with van der Waals surface area (Å²) in [5.41, 5.74) is 9.50. The summed E-state index contributed by atoms with van der Waals surface area (Å²) in [4.78, 5) is 3.39. The largest absolute Gasteiger partial charge is 0.495 e. The number of benzene rings is 1. The van der Waals surface area contributed by atoms with Crippen LogP contribution in [-0.4, -0.2) is 12.1 Å². The molecule has 1 aromatic carbocycles. The van der Waals surface area contributed by atoms with E-state index >= 15 is 0 Å². The van der Waals surface area contributed by atoms with E-state index in [1.165, 1.54) is 5.56 Å². The molecule has 3 N–H and O–H groups in total. The van der Waals surface area contributed by atoms with E-state index in [4.69, 9.17) is 22.1 Å². The molecular weight excluding hydrogens is 236 g/mol. The van der Waals surface area contributed by atoms with Crippen molar-refractivity contribution in [2.24, 2.45) is 5.73 Å². The Morgan fingerprint density at radius 2 is 2.29 bits per heavy atom. The van der Waals surface area contributed by atoms with Gasteiger partial charge in [0.1, 0.15) is 5.75 Å². The van der Waals surface area contributed by atoms with Gasteiger partial charge in [0.15, 0.2) is 0 Å². The molecule has 3 nitrogen and oxygen atoms in total.